The summed E-state index contributed by atoms with van der Waals surface area (Å²) in [6, 6.07) is -0.404. The van der Waals surface area contributed by atoms with Crippen molar-refractivity contribution >= 4 is 19.7 Å². The smallest absolute Gasteiger partial charge is 0.151 e. The van der Waals surface area contributed by atoms with E-state index in [1.807, 2.05) is 0 Å². The van der Waals surface area contributed by atoms with Gasteiger partial charge >= 0.3 is 0 Å². The number of sulfone groups is 2. The molecule has 86 valence electrons. The lowest BCUT2D eigenvalue weighted by Crippen LogP contribution is -2.28. The first kappa shape index (κ1) is 13.9. The highest BCUT2D eigenvalue weighted by Crippen LogP contribution is 1.98. The maximum atomic E-state index is 11.3. The molecule has 5 nitrogen and oxygen atoms in total. The first-order valence-electron chi connectivity index (χ1n) is 4.26. The van der Waals surface area contributed by atoms with E-state index in [-0.39, 0.29) is 23.7 Å². The van der Waals surface area contributed by atoms with E-state index in [0.29, 0.717) is 0 Å². The van der Waals surface area contributed by atoms with Gasteiger partial charge in [-0.1, -0.05) is 0 Å². The van der Waals surface area contributed by atoms with Crippen LogP contribution < -0.4 is 5.73 Å². The Hall–Kier alpha value is -0.140. The van der Waals surface area contributed by atoms with E-state index in [9.17, 15) is 16.8 Å². The second-order valence-electron chi connectivity index (χ2n) is 3.58. The van der Waals surface area contributed by atoms with Crippen molar-refractivity contribution in [3.63, 3.8) is 0 Å². The number of nitrogens with two attached hydrogens (primary N) is 1. The summed E-state index contributed by atoms with van der Waals surface area (Å²) in [7, 11) is -6.26. The molecule has 0 saturated carbocycles. The lowest BCUT2D eigenvalue weighted by Gasteiger charge is -2.06. The molecular formula is C7H17NO4S2. The predicted molar refractivity (Wildman–Crippen MR) is 56.6 cm³/mol. The van der Waals surface area contributed by atoms with Crippen LogP contribution in [-0.2, 0) is 19.7 Å². The quantitative estimate of drug-likeness (QED) is 0.658. The molecule has 0 aromatic rings. The van der Waals surface area contributed by atoms with Crippen LogP contribution in [0.5, 0.6) is 0 Å². The summed E-state index contributed by atoms with van der Waals surface area (Å²) in [5.41, 5.74) is 5.34. The molecule has 0 radical (unpaired) electrons. The maximum absolute atomic E-state index is 11.3. The van der Waals surface area contributed by atoms with Gasteiger partial charge in [0.1, 0.15) is 9.84 Å². The minimum absolute atomic E-state index is 0.0865. The maximum Gasteiger partial charge on any atom is 0.151 e. The first-order chi connectivity index (χ1) is 6.12. The van der Waals surface area contributed by atoms with Crippen molar-refractivity contribution in [2.75, 3.05) is 23.5 Å². The predicted octanol–water partition coefficient (Wildman–Crippen LogP) is -0.817. The molecule has 0 bridgehead atoms. The van der Waals surface area contributed by atoms with Gasteiger partial charge in [0.05, 0.1) is 17.3 Å². The van der Waals surface area contributed by atoms with Crippen LogP contribution in [-0.4, -0.2) is 46.4 Å². The number of hydrogen-bond acceptors (Lipinski definition) is 5. The Kier molecular flexibility index (Phi) is 5.03. The molecule has 0 aromatic carbocycles. The van der Waals surface area contributed by atoms with Crippen molar-refractivity contribution in [1.29, 1.82) is 0 Å². The second kappa shape index (κ2) is 5.09. The van der Waals surface area contributed by atoms with Crippen molar-refractivity contribution < 1.29 is 16.8 Å². The fraction of sp³-hybridized carbons (Fsp3) is 1.00. The monoisotopic (exact) mass is 243 g/mol. The van der Waals surface area contributed by atoms with Crippen molar-refractivity contribution in [3.05, 3.63) is 0 Å². The lowest BCUT2D eigenvalue weighted by atomic mass is 10.4. The van der Waals surface area contributed by atoms with Gasteiger partial charge in [0.15, 0.2) is 9.84 Å². The van der Waals surface area contributed by atoms with Crippen LogP contribution in [0.4, 0.5) is 0 Å². The van der Waals surface area contributed by atoms with Gasteiger partial charge in [-0.05, 0) is 13.3 Å². The van der Waals surface area contributed by atoms with Crippen LogP contribution in [0.1, 0.15) is 13.3 Å². The molecule has 1 atom stereocenters. The average molecular weight is 243 g/mol. The summed E-state index contributed by atoms with van der Waals surface area (Å²) < 4.78 is 43.9. The van der Waals surface area contributed by atoms with E-state index in [0.717, 1.165) is 6.26 Å². The molecule has 0 aliphatic rings. The Morgan fingerprint density at radius 3 is 2.00 bits per heavy atom. The number of rotatable bonds is 6. The third-order valence-electron chi connectivity index (χ3n) is 1.49. The van der Waals surface area contributed by atoms with Gasteiger partial charge in [0, 0.05) is 12.3 Å². The van der Waals surface area contributed by atoms with Gasteiger partial charge < -0.3 is 5.73 Å². The topological polar surface area (TPSA) is 94.3 Å². The molecule has 14 heavy (non-hydrogen) atoms. The van der Waals surface area contributed by atoms with Gasteiger partial charge in [0.2, 0.25) is 0 Å². The SMILES string of the molecule is CC(N)CS(=O)(=O)CCCS(C)(=O)=O. The van der Waals surface area contributed by atoms with E-state index in [4.69, 9.17) is 5.73 Å². The summed E-state index contributed by atoms with van der Waals surface area (Å²) in [5.74, 6) is -0.288. The van der Waals surface area contributed by atoms with Crippen LogP contribution in [0.3, 0.4) is 0 Å². The third-order valence-corrected chi connectivity index (χ3v) is 4.46. The molecule has 0 heterocycles. The van der Waals surface area contributed by atoms with Crippen LogP contribution in [0.15, 0.2) is 0 Å². The fourth-order valence-corrected chi connectivity index (χ4v) is 3.43. The average Bonchev–Trinajstić information content (AvgIpc) is 1.78. The van der Waals surface area contributed by atoms with Crippen LogP contribution in [0.25, 0.3) is 0 Å². The Morgan fingerprint density at radius 2 is 1.64 bits per heavy atom. The lowest BCUT2D eigenvalue weighted by molar-refractivity contribution is 0.587. The minimum Gasteiger partial charge on any atom is -0.327 e. The Labute approximate surface area is 85.5 Å². The molecule has 0 spiro atoms. The second-order valence-corrected chi connectivity index (χ2v) is 8.06. The van der Waals surface area contributed by atoms with Gasteiger partial charge in [0.25, 0.3) is 0 Å². The minimum atomic E-state index is -3.19. The highest BCUT2D eigenvalue weighted by molar-refractivity contribution is 7.92. The molecule has 7 heteroatoms. The van der Waals surface area contributed by atoms with Crippen molar-refractivity contribution in [2.45, 2.75) is 19.4 Å². The van der Waals surface area contributed by atoms with Gasteiger partial charge in [-0.15, -0.1) is 0 Å². The summed E-state index contributed by atoms with van der Waals surface area (Å²) in [5, 5.41) is 0. The molecule has 0 rings (SSSR count). The molecule has 2 N–H and O–H groups in total. The van der Waals surface area contributed by atoms with E-state index >= 15 is 0 Å². The largest absolute Gasteiger partial charge is 0.327 e. The summed E-state index contributed by atoms with van der Waals surface area (Å²) in [6.45, 7) is 1.61. The zero-order valence-corrected chi connectivity index (χ0v) is 10.1. The van der Waals surface area contributed by atoms with Crippen LogP contribution in [0, 0.1) is 0 Å². The molecule has 0 aliphatic carbocycles. The van der Waals surface area contributed by atoms with E-state index in [1.54, 1.807) is 6.92 Å². The summed E-state index contributed by atoms with van der Waals surface area (Å²) >= 11 is 0. The molecule has 0 fully saturated rings. The van der Waals surface area contributed by atoms with Crippen molar-refractivity contribution in [2.24, 2.45) is 5.73 Å². The summed E-state index contributed by atoms with van der Waals surface area (Å²) in [4.78, 5) is 0. The standard InChI is InChI=1S/C7H17NO4S2/c1-7(8)6-14(11,12)5-3-4-13(2,9)10/h7H,3-6,8H2,1-2H3. The van der Waals surface area contributed by atoms with Crippen molar-refractivity contribution in [3.8, 4) is 0 Å². The highest BCUT2D eigenvalue weighted by Gasteiger charge is 2.14. The first-order valence-corrected chi connectivity index (χ1v) is 8.14. The van der Waals surface area contributed by atoms with Gasteiger partial charge in [-0.25, -0.2) is 16.8 Å². The Balaban J connectivity index is 4.02. The Bertz CT molecular complexity index is 355. The fourth-order valence-electron chi connectivity index (χ4n) is 1.02. The highest BCUT2D eigenvalue weighted by atomic mass is 32.2. The zero-order chi connectivity index (χ0) is 11.4. The summed E-state index contributed by atoms with van der Waals surface area (Å²) in [6.07, 6.45) is 1.24. The van der Waals surface area contributed by atoms with Crippen molar-refractivity contribution in [1.82, 2.24) is 0 Å². The molecule has 0 aliphatic heterocycles. The molecule has 0 aromatic heterocycles. The van der Waals surface area contributed by atoms with Gasteiger partial charge in [-0.2, -0.15) is 0 Å². The van der Waals surface area contributed by atoms with E-state index in [2.05, 4.69) is 0 Å². The molecule has 0 saturated heterocycles. The van der Waals surface area contributed by atoms with Crippen LogP contribution >= 0.6 is 0 Å². The zero-order valence-electron chi connectivity index (χ0n) is 8.43. The third kappa shape index (κ3) is 8.46. The normalized spacial score (nSPS) is 15.4. The molecule has 0 amide bonds. The van der Waals surface area contributed by atoms with Gasteiger partial charge in [-0.3, -0.25) is 0 Å². The Morgan fingerprint density at radius 1 is 1.14 bits per heavy atom. The molecular weight excluding hydrogens is 226 g/mol. The van der Waals surface area contributed by atoms with E-state index < -0.39 is 25.7 Å². The number of hydrogen-bond donors (Lipinski definition) is 1. The van der Waals surface area contributed by atoms with Crippen LogP contribution in [0.2, 0.25) is 0 Å². The molecule has 1 unspecified atom stereocenters. The van der Waals surface area contributed by atoms with E-state index in [1.165, 1.54) is 0 Å².